The molecule has 1 aromatic carbocycles. The van der Waals surface area contributed by atoms with E-state index in [2.05, 4.69) is 11.1 Å². The van der Waals surface area contributed by atoms with Gasteiger partial charge in [-0.15, -0.1) is 0 Å². The molecule has 0 spiro atoms. The molecule has 0 radical (unpaired) electrons. The molecular weight excluding hydrogens is 224 g/mol. The number of nitrogens with two attached hydrogens (primary N) is 1. The highest BCUT2D eigenvalue weighted by atomic mass is 15.1. The van der Waals surface area contributed by atoms with Gasteiger partial charge in [-0.3, -0.25) is 0 Å². The molecule has 0 bridgehead atoms. The summed E-state index contributed by atoms with van der Waals surface area (Å²) in [6.45, 7) is 0. The molecule has 2 aromatic rings. The number of rotatable bonds is 1. The number of nitrogen functional groups attached to an aromatic ring is 1. The smallest absolute Gasteiger partial charge is 0.0998 e. The van der Waals surface area contributed by atoms with Crippen molar-refractivity contribution in [1.29, 1.82) is 5.26 Å². The molecule has 0 aliphatic heterocycles. The Labute approximate surface area is 106 Å². The SMILES string of the molecule is N#Cc1ccc(N)c(-n2cnc3c2CCCC3)c1. The number of aryl methyl sites for hydroxylation is 1. The maximum atomic E-state index is 8.97. The summed E-state index contributed by atoms with van der Waals surface area (Å²) in [4.78, 5) is 4.45. The largest absolute Gasteiger partial charge is 0.397 e. The Balaban J connectivity index is 2.15. The number of nitriles is 1. The van der Waals surface area contributed by atoms with Crippen LogP contribution in [0.1, 0.15) is 29.8 Å². The summed E-state index contributed by atoms with van der Waals surface area (Å²) in [5.74, 6) is 0. The molecule has 0 saturated carbocycles. The van der Waals surface area contributed by atoms with Gasteiger partial charge in [0, 0.05) is 5.69 Å². The summed E-state index contributed by atoms with van der Waals surface area (Å²) in [5.41, 5.74) is 10.6. The first-order valence-corrected chi connectivity index (χ1v) is 6.14. The molecule has 4 nitrogen and oxygen atoms in total. The Kier molecular flexibility index (Phi) is 2.52. The van der Waals surface area contributed by atoms with Crippen molar-refractivity contribution < 1.29 is 0 Å². The molecule has 0 amide bonds. The fourth-order valence-electron chi connectivity index (χ4n) is 2.50. The van der Waals surface area contributed by atoms with Crippen molar-refractivity contribution in [2.24, 2.45) is 0 Å². The minimum absolute atomic E-state index is 0.623. The van der Waals surface area contributed by atoms with E-state index >= 15 is 0 Å². The second-order valence-electron chi connectivity index (χ2n) is 4.60. The topological polar surface area (TPSA) is 67.6 Å². The van der Waals surface area contributed by atoms with Crippen molar-refractivity contribution in [1.82, 2.24) is 9.55 Å². The van der Waals surface area contributed by atoms with E-state index in [1.807, 2.05) is 17.0 Å². The molecule has 4 heteroatoms. The van der Waals surface area contributed by atoms with E-state index in [0.717, 1.165) is 18.5 Å². The number of aromatic nitrogens is 2. The normalized spacial score (nSPS) is 13.9. The average Bonchev–Trinajstić information content (AvgIpc) is 2.83. The van der Waals surface area contributed by atoms with Gasteiger partial charge in [0.05, 0.1) is 35.0 Å². The van der Waals surface area contributed by atoms with E-state index in [1.165, 1.54) is 24.2 Å². The maximum absolute atomic E-state index is 8.97. The molecule has 1 aliphatic carbocycles. The quantitative estimate of drug-likeness (QED) is 0.774. The minimum atomic E-state index is 0.623. The van der Waals surface area contributed by atoms with Crippen LogP contribution in [0.15, 0.2) is 24.5 Å². The van der Waals surface area contributed by atoms with Crippen molar-refractivity contribution in [3.05, 3.63) is 41.5 Å². The highest BCUT2D eigenvalue weighted by Crippen LogP contribution is 2.26. The fraction of sp³-hybridized carbons (Fsp3) is 0.286. The molecule has 0 saturated heterocycles. The fourth-order valence-corrected chi connectivity index (χ4v) is 2.50. The molecule has 3 rings (SSSR count). The van der Waals surface area contributed by atoms with Crippen molar-refractivity contribution >= 4 is 5.69 Å². The number of benzene rings is 1. The summed E-state index contributed by atoms with van der Waals surface area (Å²) in [7, 11) is 0. The first kappa shape index (κ1) is 10.8. The third-order valence-corrected chi connectivity index (χ3v) is 3.45. The highest BCUT2D eigenvalue weighted by Gasteiger charge is 2.17. The standard InChI is InChI=1S/C14H14N4/c15-8-10-5-6-11(16)14(7-10)18-9-17-12-3-1-2-4-13(12)18/h5-7,9H,1-4,16H2. The Bertz CT molecular complexity index is 634. The highest BCUT2D eigenvalue weighted by molar-refractivity contribution is 5.61. The molecule has 1 heterocycles. The van der Waals surface area contributed by atoms with Gasteiger partial charge < -0.3 is 10.3 Å². The second-order valence-corrected chi connectivity index (χ2v) is 4.60. The van der Waals surface area contributed by atoms with Crippen LogP contribution >= 0.6 is 0 Å². The monoisotopic (exact) mass is 238 g/mol. The molecular formula is C14H14N4. The number of hydrogen-bond acceptors (Lipinski definition) is 3. The third kappa shape index (κ3) is 1.65. The number of hydrogen-bond donors (Lipinski definition) is 1. The number of imidazole rings is 1. The van der Waals surface area contributed by atoms with E-state index in [4.69, 9.17) is 11.0 Å². The Morgan fingerprint density at radius 2 is 2.11 bits per heavy atom. The lowest BCUT2D eigenvalue weighted by Crippen LogP contribution is -2.08. The van der Waals surface area contributed by atoms with Crippen LogP contribution in [0, 0.1) is 11.3 Å². The molecule has 0 atom stereocenters. The zero-order chi connectivity index (χ0) is 12.5. The van der Waals surface area contributed by atoms with Crippen LogP contribution in [-0.2, 0) is 12.8 Å². The minimum Gasteiger partial charge on any atom is -0.397 e. The summed E-state index contributed by atoms with van der Waals surface area (Å²) in [6, 6.07) is 7.49. The molecule has 90 valence electrons. The molecule has 1 aromatic heterocycles. The summed E-state index contributed by atoms with van der Waals surface area (Å²) in [5, 5.41) is 8.97. The van der Waals surface area contributed by atoms with E-state index in [9.17, 15) is 0 Å². The van der Waals surface area contributed by atoms with Gasteiger partial charge in [0.1, 0.15) is 0 Å². The second kappa shape index (κ2) is 4.19. The van der Waals surface area contributed by atoms with Gasteiger partial charge in [-0.2, -0.15) is 5.26 Å². The molecule has 2 N–H and O–H groups in total. The van der Waals surface area contributed by atoms with Gasteiger partial charge in [-0.05, 0) is 43.9 Å². The molecule has 1 aliphatic rings. The third-order valence-electron chi connectivity index (χ3n) is 3.45. The molecule has 0 unspecified atom stereocenters. The zero-order valence-electron chi connectivity index (χ0n) is 10.1. The van der Waals surface area contributed by atoms with E-state index < -0.39 is 0 Å². The average molecular weight is 238 g/mol. The van der Waals surface area contributed by atoms with Gasteiger partial charge >= 0.3 is 0 Å². The summed E-state index contributed by atoms with van der Waals surface area (Å²) in [6.07, 6.45) is 6.29. The van der Waals surface area contributed by atoms with Crippen molar-refractivity contribution in [3.8, 4) is 11.8 Å². The van der Waals surface area contributed by atoms with Gasteiger partial charge in [-0.1, -0.05) is 0 Å². The summed E-state index contributed by atoms with van der Waals surface area (Å²) < 4.78 is 2.03. The first-order chi connectivity index (χ1) is 8.79. The van der Waals surface area contributed by atoms with Crippen LogP contribution in [0.4, 0.5) is 5.69 Å². The molecule has 18 heavy (non-hydrogen) atoms. The number of nitrogens with zero attached hydrogens (tertiary/aromatic N) is 3. The lowest BCUT2D eigenvalue weighted by atomic mass is 10.0. The van der Waals surface area contributed by atoms with Gasteiger partial charge in [0.15, 0.2) is 0 Å². The van der Waals surface area contributed by atoms with E-state index in [1.54, 1.807) is 12.1 Å². The zero-order valence-corrected chi connectivity index (χ0v) is 10.1. The lowest BCUT2D eigenvalue weighted by molar-refractivity contribution is 0.656. The predicted octanol–water partition coefficient (Wildman–Crippen LogP) is 2.20. The summed E-state index contributed by atoms with van der Waals surface area (Å²) >= 11 is 0. The van der Waals surface area contributed by atoms with Gasteiger partial charge in [0.25, 0.3) is 0 Å². The number of anilines is 1. The van der Waals surface area contributed by atoms with Crippen molar-refractivity contribution in [2.45, 2.75) is 25.7 Å². The Morgan fingerprint density at radius 1 is 1.28 bits per heavy atom. The van der Waals surface area contributed by atoms with Crippen LogP contribution in [-0.4, -0.2) is 9.55 Å². The van der Waals surface area contributed by atoms with Gasteiger partial charge in [0.2, 0.25) is 0 Å². The van der Waals surface area contributed by atoms with Crippen LogP contribution in [0.25, 0.3) is 5.69 Å². The Morgan fingerprint density at radius 3 is 2.94 bits per heavy atom. The number of fused-ring (bicyclic) bond motifs is 1. The van der Waals surface area contributed by atoms with Crippen LogP contribution < -0.4 is 5.73 Å². The van der Waals surface area contributed by atoms with Crippen molar-refractivity contribution in [2.75, 3.05) is 5.73 Å². The van der Waals surface area contributed by atoms with E-state index in [-0.39, 0.29) is 0 Å². The van der Waals surface area contributed by atoms with Crippen LogP contribution in [0.2, 0.25) is 0 Å². The maximum Gasteiger partial charge on any atom is 0.0998 e. The lowest BCUT2D eigenvalue weighted by Gasteiger charge is -2.15. The van der Waals surface area contributed by atoms with Crippen LogP contribution in [0.3, 0.4) is 0 Å². The van der Waals surface area contributed by atoms with E-state index in [0.29, 0.717) is 11.3 Å². The van der Waals surface area contributed by atoms with Crippen LogP contribution in [0.5, 0.6) is 0 Å². The first-order valence-electron chi connectivity index (χ1n) is 6.14. The molecule has 0 fully saturated rings. The van der Waals surface area contributed by atoms with Gasteiger partial charge in [-0.25, -0.2) is 4.98 Å². The predicted molar refractivity (Wildman–Crippen MR) is 69.3 cm³/mol. The Hall–Kier alpha value is -2.28. The van der Waals surface area contributed by atoms with Crippen molar-refractivity contribution in [3.63, 3.8) is 0 Å².